The molecule has 67 heavy (non-hydrogen) atoms. The Morgan fingerprint density at radius 2 is 0.866 bits per heavy atom. The second-order valence-corrected chi connectivity index (χ2v) is 17.4. The van der Waals surface area contributed by atoms with Gasteiger partial charge in [-0.15, -0.1) is 46.4 Å². The van der Waals surface area contributed by atoms with Gasteiger partial charge in [0.25, 0.3) is 0 Å². The number of nitrogens with zero attached hydrogens (tertiary/aromatic N) is 5. The summed E-state index contributed by atoms with van der Waals surface area (Å²) in [4.78, 5) is 6.66. The quantitative estimate of drug-likeness (QED) is 0.107. The molecule has 6 rings (SSSR count). The van der Waals surface area contributed by atoms with Crippen LogP contribution in [0.25, 0.3) is 0 Å². The summed E-state index contributed by atoms with van der Waals surface area (Å²) in [6.45, 7) is 20.0. The predicted octanol–water partition coefficient (Wildman–Crippen LogP) is 11.5. The van der Waals surface area contributed by atoms with Crippen molar-refractivity contribution in [2.75, 3.05) is 98.4 Å². The average Bonchev–Trinajstić information content (AvgIpc) is 3.35. The van der Waals surface area contributed by atoms with Crippen LogP contribution >= 0.6 is 46.4 Å². The van der Waals surface area contributed by atoms with Crippen LogP contribution in [0, 0.1) is 0 Å². The Kier molecular flexibility index (Phi) is 37.9. The molecule has 2 aromatic carbocycles. The van der Waals surface area contributed by atoms with Gasteiger partial charge in [0.2, 0.25) is 0 Å². The molecule has 0 bridgehead atoms. The summed E-state index contributed by atoms with van der Waals surface area (Å²) >= 11 is 19.1. The van der Waals surface area contributed by atoms with Crippen molar-refractivity contribution < 1.29 is 63.1 Å². The molecular formula is C53H81Cl4N5O3Zn2+2. The van der Waals surface area contributed by atoms with Crippen LogP contribution in [0.1, 0.15) is 65.5 Å². The Labute approximate surface area is 451 Å². The van der Waals surface area contributed by atoms with E-state index in [9.17, 15) is 10.2 Å². The number of hydrogen-bond acceptors (Lipinski definition) is 6. The van der Waals surface area contributed by atoms with Crippen molar-refractivity contribution in [2.24, 2.45) is 0 Å². The molecule has 2 saturated heterocycles. The van der Waals surface area contributed by atoms with E-state index < -0.39 is 11.1 Å². The van der Waals surface area contributed by atoms with Gasteiger partial charge in [-0.3, -0.25) is 14.7 Å². The van der Waals surface area contributed by atoms with Gasteiger partial charge >= 0.3 is 0 Å². The van der Waals surface area contributed by atoms with Crippen molar-refractivity contribution >= 4 is 57.8 Å². The zero-order valence-electron chi connectivity index (χ0n) is 42.8. The minimum Gasteiger partial charge on any atom is -0.510 e. The van der Waals surface area contributed by atoms with Crippen LogP contribution in [0.2, 0.25) is 0 Å². The molecule has 4 aliphatic rings. The van der Waals surface area contributed by atoms with Gasteiger partial charge in [0.15, 0.2) is 37.6 Å². The molecule has 2 aliphatic heterocycles. The summed E-state index contributed by atoms with van der Waals surface area (Å²) in [7, 11) is 10.4. The number of rotatable bonds is 10. The van der Waals surface area contributed by atoms with Crippen molar-refractivity contribution in [1.82, 2.24) is 14.7 Å². The maximum Gasteiger partial charge on any atom is 0.200 e. The van der Waals surface area contributed by atoms with E-state index in [1.54, 1.807) is 0 Å². The molecule has 14 heteroatoms. The fourth-order valence-electron chi connectivity index (χ4n) is 8.08. The third kappa shape index (κ3) is 21.1. The van der Waals surface area contributed by atoms with E-state index in [-0.39, 0.29) is 49.6 Å². The van der Waals surface area contributed by atoms with E-state index in [1.807, 2.05) is 66.1 Å². The maximum absolute atomic E-state index is 11.4. The zero-order chi connectivity index (χ0) is 48.8. The van der Waals surface area contributed by atoms with Crippen LogP contribution in [0.5, 0.6) is 0 Å². The number of allylic oxidation sites excluding steroid dienone is 10. The van der Waals surface area contributed by atoms with Crippen LogP contribution < -0.4 is 0 Å². The summed E-state index contributed by atoms with van der Waals surface area (Å²) in [5.41, 5.74) is 5.83. The smallest absolute Gasteiger partial charge is 0.200 e. The molecular weight excluding hydrogens is 1030 g/mol. The Balaban J connectivity index is 0. The summed E-state index contributed by atoms with van der Waals surface area (Å²) < 4.78 is 10.2. The van der Waals surface area contributed by atoms with Gasteiger partial charge in [-0.1, -0.05) is 102 Å². The number of piperazine rings is 1. The van der Waals surface area contributed by atoms with Crippen molar-refractivity contribution in [1.29, 1.82) is 0 Å². The van der Waals surface area contributed by atoms with E-state index in [4.69, 9.17) is 51.1 Å². The number of aliphatic hydroxyl groups excluding tert-OH is 2. The number of ether oxygens (including phenoxy) is 1. The van der Waals surface area contributed by atoms with Crippen LogP contribution in [-0.2, 0) is 56.5 Å². The molecule has 366 valence electrons. The minimum absolute atomic E-state index is 0. The number of hydrogen-bond donors (Lipinski definition) is 2. The molecule has 0 spiro atoms. The van der Waals surface area contributed by atoms with Gasteiger partial charge in [-0.2, -0.15) is 0 Å². The predicted molar refractivity (Wildman–Crippen MR) is 284 cm³/mol. The third-order valence-electron chi connectivity index (χ3n) is 12.0. The molecule has 8 nitrogen and oxygen atoms in total. The fourth-order valence-corrected chi connectivity index (χ4v) is 8.08. The summed E-state index contributed by atoms with van der Waals surface area (Å²) in [6, 6.07) is 20.8. The molecule has 0 aromatic heterocycles. The first-order chi connectivity index (χ1) is 31.4. The van der Waals surface area contributed by atoms with E-state index >= 15 is 0 Å². The number of morpholine rings is 1. The molecule has 0 amide bonds. The molecule has 2 heterocycles. The normalized spacial score (nSPS) is 16.9. The SMILES string of the molecule is CC.CC.CCC(Cc1ccccc1)(C(O)=C1C=CC(=[N+]2CCN(C)CC2)C=C1)N(C)C.CCC(Cc1ccccc1)(C(O)=C1C=CC(=[N+]2CCOCC2)C=C1)N(C)C.ClCCl.ClCCl.[Zn].[Zn]. The van der Waals surface area contributed by atoms with Crippen molar-refractivity contribution in [3.05, 3.63) is 143 Å². The van der Waals surface area contributed by atoms with E-state index in [0.717, 1.165) is 89.3 Å². The van der Waals surface area contributed by atoms with Gasteiger partial charge in [0, 0.05) is 74.4 Å². The Morgan fingerprint density at radius 1 is 0.567 bits per heavy atom. The first-order valence-corrected chi connectivity index (χ1v) is 25.3. The molecule has 2 unspecified atom stereocenters. The van der Waals surface area contributed by atoms with Crippen LogP contribution in [0.3, 0.4) is 0 Å². The monoisotopic (exact) mass is 1100 g/mol. The van der Waals surface area contributed by atoms with Gasteiger partial charge in [0.05, 0.1) is 34.8 Å². The molecule has 0 radical (unpaired) electrons. The number of likely N-dealkylation sites (N-methyl/N-ethyl adjacent to an activating group) is 3. The largest absolute Gasteiger partial charge is 0.510 e. The molecule has 2 aliphatic carbocycles. The van der Waals surface area contributed by atoms with E-state index in [2.05, 4.69) is 144 Å². The van der Waals surface area contributed by atoms with Crippen LogP contribution in [0.4, 0.5) is 0 Å². The average molecular weight is 1110 g/mol. The van der Waals surface area contributed by atoms with E-state index in [0.29, 0.717) is 11.5 Å². The second-order valence-electron chi connectivity index (χ2n) is 15.8. The second kappa shape index (κ2) is 37.8. The topological polar surface area (TPSA) is 65.4 Å². The molecule has 2 atom stereocenters. The Bertz CT molecular complexity index is 1860. The summed E-state index contributed by atoms with van der Waals surface area (Å²) in [6.07, 6.45) is 19.9. The number of aliphatic hydroxyl groups is 2. The van der Waals surface area contributed by atoms with Gasteiger partial charge in [0.1, 0.15) is 24.7 Å². The minimum atomic E-state index is -0.429. The number of halogens is 4. The van der Waals surface area contributed by atoms with Crippen LogP contribution in [-0.4, -0.2) is 155 Å². The molecule has 0 saturated carbocycles. The van der Waals surface area contributed by atoms with Crippen molar-refractivity contribution in [3.8, 4) is 0 Å². The zero-order valence-corrected chi connectivity index (χ0v) is 51.7. The first kappa shape index (κ1) is 67.1. The maximum atomic E-state index is 11.4. The Morgan fingerprint density at radius 3 is 1.15 bits per heavy atom. The fraction of sp³-hybridized carbons (Fsp3) is 0.509. The van der Waals surface area contributed by atoms with Gasteiger partial charge in [-0.25, -0.2) is 9.15 Å². The first-order valence-electron chi connectivity index (χ1n) is 23.1. The number of benzene rings is 2. The third-order valence-corrected chi connectivity index (χ3v) is 12.0. The van der Waals surface area contributed by atoms with E-state index in [1.165, 1.54) is 22.6 Å². The van der Waals surface area contributed by atoms with Gasteiger partial charge < -0.3 is 14.9 Å². The summed E-state index contributed by atoms with van der Waals surface area (Å²) in [5, 5.41) is 23.0. The molecule has 2 N–H and O–H groups in total. The van der Waals surface area contributed by atoms with Crippen LogP contribution in [0.15, 0.2) is 132 Å². The standard InChI is InChI=1S/C24H33N3O.C23H30N2O2.2C2H6.2CH2Cl2.2Zn/c1-5-24(25(2)3,19-20-9-7-6-8-10-20)23(28)21-11-13-22(14-12-21)27-17-15-26(4)16-18-27;1-4-23(24(2)3,18-19-8-6-5-7-9-19)22(26)20-10-12-21(13-11-20)25-14-16-27-17-15-25;2*1-2;2*2-1-3;;/h6-14H,5,15-19H2,1-4H3;5-13H,4,14-18H2,1-3H3;2*1-2H3;2*1H2;;/p+2. The van der Waals surface area contributed by atoms with Crippen molar-refractivity contribution in [3.63, 3.8) is 0 Å². The Hall–Kier alpha value is -1.93. The van der Waals surface area contributed by atoms with Gasteiger partial charge in [-0.05, 0) is 96.4 Å². The van der Waals surface area contributed by atoms with Crippen molar-refractivity contribution in [2.45, 2.75) is 78.3 Å². The summed E-state index contributed by atoms with van der Waals surface area (Å²) in [5.74, 6) is 0.890. The number of alkyl halides is 4. The molecule has 2 aromatic rings. The molecule has 2 fully saturated rings.